The van der Waals surface area contributed by atoms with Gasteiger partial charge in [0.25, 0.3) is 0 Å². The molecule has 3 aromatic rings. The predicted molar refractivity (Wildman–Crippen MR) is 119 cm³/mol. The van der Waals surface area contributed by atoms with Crippen LogP contribution in [0.5, 0.6) is 11.5 Å². The molecule has 0 amide bonds. The number of ether oxygens (including phenoxy) is 4. The maximum absolute atomic E-state index is 12.9. The van der Waals surface area contributed by atoms with Gasteiger partial charge in [-0.3, -0.25) is 4.68 Å². The molecule has 0 bridgehead atoms. The van der Waals surface area contributed by atoms with E-state index in [0.717, 1.165) is 5.69 Å². The SMILES string of the molecule is CCc1nn(CCOCOCCOC)c(CC)c1Oc1cc(C#N)cc(-c2noc(C(F)(F)F)n2)c1. The first kappa shape index (κ1) is 27.1. The first-order valence-corrected chi connectivity index (χ1v) is 11.2. The van der Waals surface area contributed by atoms with Crippen molar-refractivity contribution in [2.45, 2.75) is 39.4 Å². The highest BCUT2D eigenvalue weighted by molar-refractivity contribution is 5.61. The van der Waals surface area contributed by atoms with Crippen molar-refractivity contribution in [3.8, 4) is 29.0 Å². The molecule has 36 heavy (non-hydrogen) atoms. The number of halogens is 3. The molecule has 3 rings (SSSR count). The van der Waals surface area contributed by atoms with Gasteiger partial charge in [-0.15, -0.1) is 0 Å². The van der Waals surface area contributed by atoms with Gasteiger partial charge in [0, 0.05) is 12.7 Å². The Bertz CT molecular complexity index is 1190. The smallest absolute Gasteiger partial charge is 0.453 e. The summed E-state index contributed by atoms with van der Waals surface area (Å²) in [6.45, 7) is 5.73. The highest BCUT2D eigenvalue weighted by atomic mass is 19.4. The Morgan fingerprint density at radius 2 is 1.86 bits per heavy atom. The fourth-order valence-corrected chi connectivity index (χ4v) is 3.31. The first-order chi connectivity index (χ1) is 17.3. The van der Waals surface area contributed by atoms with E-state index in [4.69, 9.17) is 18.9 Å². The van der Waals surface area contributed by atoms with Crippen LogP contribution < -0.4 is 4.74 Å². The van der Waals surface area contributed by atoms with E-state index in [1.54, 1.807) is 11.8 Å². The number of hydrogen-bond donors (Lipinski definition) is 0. The molecule has 2 heterocycles. The topological polar surface area (TPSA) is 117 Å². The summed E-state index contributed by atoms with van der Waals surface area (Å²) in [7, 11) is 1.59. The lowest BCUT2D eigenvalue weighted by Gasteiger charge is -2.11. The van der Waals surface area contributed by atoms with Crippen LogP contribution in [0.3, 0.4) is 0 Å². The van der Waals surface area contributed by atoms with Crippen LogP contribution in [-0.4, -0.2) is 53.6 Å². The molecule has 2 aromatic heterocycles. The summed E-state index contributed by atoms with van der Waals surface area (Å²) in [6.07, 6.45) is -3.62. The number of alkyl halides is 3. The van der Waals surface area contributed by atoms with Gasteiger partial charge in [0.05, 0.1) is 43.7 Å². The molecule has 0 N–H and O–H groups in total. The summed E-state index contributed by atoms with van der Waals surface area (Å²) in [6, 6.07) is 6.25. The van der Waals surface area contributed by atoms with Gasteiger partial charge in [0.2, 0.25) is 5.82 Å². The molecule has 0 aliphatic carbocycles. The Labute approximate surface area is 205 Å². The van der Waals surface area contributed by atoms with Crippen LogP contribution in [0.25, 0.3) is 11.4 Å². The van der Waals surface area contributed by atoms with Crippen LogP contribution in [0.1, 0.15) is 36.7 Å². The lowest BCUT2D eigenvalue weighted by molar-refractivity contribution is -0.159. The van der Waals surface area contributed by atoms with Crippen molar-refractivity contribution < 1.29 is 36.6 Å². The molecular formula is C23H26F3N5O5. The van der Waals surface area contributed by atoms with Gasteiger partial charge in [-0.2, -0.15) is 28.5 Å². The van der Waals surface area contributed by atoms with E-state index in [9.17, 15) is 18.4 Å². The van der Waals surface area contributed by atoms with Gasteiger partial charge in [-0.1, -0.05) is 19.0 Å². The van der Waals surface area contributed by atoms with Crippen LogP contribution in [0.2, 0.25) is 0 Å². The molecule has 194 valence electrons. The van der Waals surface area contributed by atoms with Gasteiger partial charge >= 0.3 is 12.1 Å². The second-order valence-corrected chi connectivity index (χ2v) is 7.46. The molecule has 0 atom stereocenters. The van der Waals surface area contributed by atoms with Crippen LogP contribution >= 0.6 is 0 Å². The fourth-order valence-electron chi connectivity index (χ4n) is 3.31. The zero-order valence-corrected chi connectivity index (χ0v) is 20.1. The lowest BCUT2D eigenvalue weighted by atomic mass is 10.1. The minimum absolute atomic E-state index is 0.131. The molecule has 10 nitrogen and oxygen atoms in total. The average molecular weight is 509 g/mol. The van der Waals surface area contributed by atoms with E-state index in [-0.39, 0.29) is 29.5 Å². The van der Waals surface area contributed by atoms with Gasteiger partial charge in [-0.05, 0) is 31.0 Å². The second-order valence-electron chi connectivity index (χ2n) is 7.46. The highest BCUT2D eigenvalue weighted by Gasteiger charge is 2.38. The van der Waals surface area contributed by atoms with Crippen LogP contribution in [0.15, 0.2) is 22.7 Å². The molecule has 0 radical (unpaired) electrons. The van der Waals surface area contributed by atoms with Crippen molar-refractivity contribution >= 4 is 0 Å². The first-order valence-electron chi connectivity index (χ1n) is 11.2. The molecule has 1 aromatic carbocycles. The number of aromatic nitrogens is 4. The summed E-state index contributed by atoms with van der Waals surface area (Å²) in [5.74, 6) is -1.04. The summed E-state index contributed by atoms with van der Waals surface area (Å²) in [4.78, 5) is 3.40. The van der Waals surface area contributed by atoms with Crippen molar-refractivity contribution in [2.75, 3.05) is 33.7 Å². The predicted octanol–water partition coefficient (Wildman–Crippen LogP) is 4.38. The zero-order valence-electron chi connectivity index (χ0n) is 20.1. The maximum atomic E-state index is 12.9. The Hall–Kier alpha value is -3.47. The van der Waals surface area contributed by atoms with E-state index < -0.39 is 12.1 Å². The molecular weight excluding hydrogens is 483 g/mol. The normalized spacial score (nSPS) is 11.6. The Morgan fingerprint density at radius 3 is 2.50 bits per heavy atom. The van der Waals surface area contributed by atoms with Crippen LogP contribution in [0, 0.1) is 11.3 Å². The Kier molecular flexibility index (Phi) is 9.40. The zero-order chi connectivity index (χ0) is 26.1. The van der Waals surface area contributed by atoms with Crippen molar-refractivity contribution in [3.63, 3.8) is 0 Å². The molecule has 0 aliphatic heterocycles. The van der Waals surface area contributed by atoms with E-state index in [1.165, 1.54) is 18.2 Å². The fraction of sp³-hybridized carbons (Fsp3) is 0.478. The molecule has 0 unspecified atom stereocenters. The number of methoxy groups -OCH3 is 1. The summed E-state index contributed by atoms with van der Waals surface area (Å²) in [5, 5.41) is 17.4. The third-order valence-corrected chi connectivity index (χ3v) is 4.98. The minimum atomic E-state index is -4.78. The molecule has 0 spiro atoms. The van der Waals surface area contributed by atoms with E-state index in [0.29, 0.717) is 50.7 Å². The Morgan fingerprint density at radius 1 is 1.08 bits per heavy atom. The summed E-state index contributed by atoms with van der Waals surface area (Å²) in [5.41, 5.74) is 1.80. The van der Waals surface area contributed by atoms with E-state index in [1.807, 2.05) is 19.9 Å². The van der Waals surface area contributed by atoms with Crippen molar-refractivity contribution in [2.24, 2.45) is 0 Å². The number of nitrogens with zero attached hydrogens (tertiary/aromatic N) is 5. The Balaban J connectivity index is 1.82. The number of benzene rings is 1. The maximum Gasteiger partial charge on any atom is 0.471 e. The molecule has 0 saturated heterocycles. The van der Waals surface area contributed by atoms with Crippen molar-refractivity contribution in [1.82, 2.24) is 19.9 Å². The number of nitriles is 1. The van der Waals surface area contributed by atoms with E-state index >= 15 is 0 Å². The third-order valence-electron chi connectivity index (χ3n) is 4.98. The third kappa shape index (κ3) is 6.81. The highest BCUT2D eigenvalue weighted by Crippen LogP contribution is 2.34. The van der Waals surface area contributed by atoms with Crippen LogP contribution in [-0.2, 0) is 39.8 Å². The number of hydrogen-bond acceptors (Lipinski definition) is 9. The summed E-state index contributed by atoms with van der Waals surface area (Å²) >= 11 is 0. The van der Waals surface area contributed by atoms with Crippen molar-refractivity contribution in [3.05, 3.63) is 41.0 Å². The largest absolute Gasteiger partial charge is 0.471 e. The van der Waals surface area contributed by atoms with Gasteiger partial charge < -0.3 is 23.5 Å². The lowest BCUT2D eigenvalue weighted by Crippen LogP contribution is -2.13. The average Bonchev–Trinajstić information content (AvgIpc) is 3.48. The summed E-state index contributed by atoms with van der Waals surface area (Å²) < 4.78 is 66.5. The van der Waals surface area contributed by atoms with Gasteiger partial charge in [0.1, 0.15) is 18.2 Å². The molecule has 13 heteroatoms. The van der Waals surface area contributed by atoms with Crippen LogP contribution in [0.4, 0.5) is 13.2 Å². The second kappa shape index (κ2) is 12.5. The standard InChI is InChI=1S/C23H26F3N5O5/c1-4-18-20(19(5-2)31(29-18)6-7-33-14-34-9-8-32-3)35-17-11-15(13-27)10-16(12-17)21-28-22(36-30-21)23(24,25)26/h10-12H,4-9,14H2,1-3H3. The monoisotopic (exact) mass is 509 g/mol. The van der Waals surface area contributed by atoms with E-state index in [2.05, 4.69) is 19.8 Å². The number of aryl methyl sites for hydroxylation is 1. The molecule has 0 saturated carbocycles. The number of rotatable bonds is 13. The quantitative estimate of drug-likeness (QED) is 0.244. The van der Waals surface area contributed by atoms with Gasteiger partial charge in [-0.25, -0.2) is 0 Å². The minimum Gasteiger partial charge on any atom is -0.453 e. The van der Waals surface area contributed by atoms with Gasteiger partial charge in [0.15, 0.2) is 5.75 Å². The van der Waals surface area contributed by atoms with Crippen molar-refractivity contribution in [1.29, 1.82) is 5.26 Å². The molecule has 0 fully saturated rings. The molecule has 0 aliphatic rings.